The van der Waals surface area contributed by atoms with Crippen molar-refractivity contribution in [2.75, 3.05) is 6.61 Å². The smallest absolute Gasteiger partial charge is 0.0465 e. The van der Waals surface area contributed by atoms with Crippen molar-refractivity contribution in [3.8, 4) is 0 Å². The summed E-state index contributed by atoms with van der Waals surface area (Å²) >= 11 is 0. The molecular formula is C20H24O. The molecule has 0 heterocycles. The van der Waals surface area contributed by atoms with Crippen molar-refractivity contribution in [2.45, 2.75) is 39.0 Å². The Morgan fingerprint density at radius 3 is 2.62 bits per heavy atom. The molecule has 0 saturated heterocycles. The number of hydrogen-bond donors (Lipinski definition) is 1. The number of rotatable bonds is 5. The zero-order valence-corrected chi connectivity index (χ0v) is 12.8. The van der Waals surface area contributed by atoms with Gasteiger partial charge in [0.15, 0.2) is 0 Å². The second-order valence-corrected chi connectivity index (χ2v) is 6.34. The first kappa shape index (κ1) is 14.3. The number of hydrogen-bond acceptors (Lipinski definition) is 1. The first-order chi connectivity index (χ1) is 10.3. The lowest BCUT2D eigenvalue weighted by Gasteiger charge is -2.16. The van der Waals surface area contributed by atoms with Gasteiger partial charge in [0.1, 0.15) is 0 Å². The van der Waals surface area contributed by atoms with Gasteiger partial charge in [0, 0.05) is 6.61 Å². The summed E-state index contributed by atoms with van der Waals surface area (Å²) in [6, 6.07) is 15.4. The molecule has 0 radical (unpaired) electrons. The van der Waals surface area contributed by atoms with E-state index in [0.717, 1.165) is 12.8 Å². The second kappa shape index (κ2) is 6.44. The van der Waals surface area contributed by atoms with Gasteiger partial charge < -0.3 is 5.11 Å². The molecule has 0 aromatic heterocycles. The van der Waals surface area contributed by atoms with Crippen LogP contribution in [0.25, 0.3) is 0 Å². The first-order valence-electron chi connectivity index (χ1n) is 8.02. The number of fused-ring (bicyclic) bond motifs is 1. The summed E-state index contributed by atoms with van der Waals surface area (Å²) in [6.07, 6.45) is 5.69. The zero-order valence-electron chi connectivity index (χ0n) is 12.8. The number of aryl methyl sites for hydroxylation is 3. The second-order valence-electron chi connectivity index (χ2n) is 6.34. The van der Waals surface area contributed by atoms with E-state index in [-0.39, 0.29) is 6.61 Å². The van der Waals surface area contributed by atoms with Gasteiger partial charge in [-0.1, -0.05) is 42.5 Å². The molecule has 3 rings (SSSR count). The molecule has 0 bridgehead atoms. The predicted molar refractivity (Wildman–Crippen MR) is 87.6 cm³/mol. The quantitative estimate of drug-likeness (QED) is 0.881. The molecule has 110 valence electrons. The maximum atomic E-state index is 9.73. The number of benzene rings is 2. The SMILES string of the molecule is Cc1ccccc1CC(CO)Cc1ccc2c(c1)CCC2. The van der Waals surface area contributed by atoms with Crippen molar-refractivity contribution in [3.63, 3.8) is 0 Å². The van der Waals surface area contributed by atoms with Crippen molar-refractivity contribution in [3.05, 3.63) is 70.3 Å². The van der Waals surface area contributed by atoms with Gasteiger partial charge in [-0.3, -0.25) is 0 Å². The van der Waals surface area contributed by atoms with Gasteiger partial charge in [-0.2, -0.15) is 0 Å². The molecule has 0 saturated carbocycles. The Hall–Kier alpha value is -1.60. The molecule has 1 aliphatic carbocycles. The lowest BCUT2D eigenvalue weighted by Crippen LogP contribution is -2.13. The highest BCUT2D eigenvalue weighted by molar-refractivity contribution is 5.35. The van der Waals surface area contributed by atoms with Crippen LogP contribution in [0.4, 0.5) is 0 Å². The van der Waals surface area contributed by atoms with Gasteiger partial charge in [-0.05, 0) is 72.8 Å². The summed E-state index contributed by atoms with van der Waals surface area (Å²) in [5.74, 6) is 0.311. The van der Waals surface area contributed by atoms with Crippen molar-refractivity contribution in [1.82, 2.24) is 0 Å². The molecule has 1 nitrogen and oxygen atoms in total. The molecule has 0 aliphatic heterocycles. The summed E-state index contributed by atoms with van der Waals surface area (Å²) in [6.45, 7) is 2.41. The third-order valence-corrected chi connectivity index (χ3v) is 4.72. The Balaban J connectivity index is 1.71. The summed E-state index contributed by atoms with van der Waals surface area (Å²) in [5, 5.41) is 9.73. The molecule has 2 aromatic carbocycles. The van der Waals surface area contributed by atoms with E-state index in [1.54, 1.807) is 0 Å². The van der Waals surface area contributed by atoms with Crippen molar-refractivity contribution >= 4 is 0 Å². The third kappa shape index (κ3) is 3.36. The summed E-state index contributed by atoms with van der Waals surface area (Å²) in [5.41, 5.74) is 7.11. The lowest BCUT2D eigenvalue weighted by atomic mass is 9.90. The maximum absolute atomic E-state index is 9.73. The fraction of sp³-hybridized carbons (Fsp3) is 0.400. The average molecular weight is 280 g/mol. The van der Waals surface area contributed by atoms with Crippen LogP contribution in [0.5, 0.6) is 0 Å². The Labute approximate surface area is 127 Å². The minimum Gasteiger partial charge on any atom is -0.396 e. The van der Waals surface area contributed by atoms with Crippen molar-refractivity contribution in [1.29, 1.82) is 0 Å². The molecule has 1 unspecified atom stereocenters. The van der Waals surface area contributed by atoms with E-state index in [0.29, 0.717) is 5.92 Å². The molecule has 1 N–H and O–H groups in total. The summed E-state index contributed by atoms with van der Waals surface area (Å²) in [7, 11) is 0. The minimum absolute atomic E-state index is 0.255. The largest absolute Gasteiger partial charge is 0.396 e. The topological polar surface area (TPSA) is 20.2 Å². The van der Waals surface area contributed by atoms with Crippen LogP contribution in [-0.2, 0) is 25.7 Å². The monoisotopic (exact) mass is 280 g/mol. The van der Waals surface area contributed by atoms with Crippen LogP contribution in [0.3, 0.4) is 0 Å². The van der Waals surface area contributed by atoms with Crippen LogP contribution in [-0.4, -0.2) is 11.7 Å². The molecular weight excluding hydrogens is 256 g/mol. The first-order valence-corrected chi connectivity index (χ1v) is 8.02. The molecule has 0 spiro atoms. The van der Waals surface area contributed by atoms with Crippen LogP contribution < -0.4 is 0 Å². The normalized spacial score (nSPS) is 15.0. The van der Waals surface area contributed by atoms with E-state index >= 15 is 0 Å². The van der Waals surface area contributed by atoms with E-state index in [9.17, 15) is 5.11 Å². The van der Waals surface area contributed by atoms with E-state index in [2.05, 4.69) is 49.4 Å². The summed E-state index contributed by atoms with van der Waals surface area (Å²) < 4.78 is 0. The summed E-state index contributed by atoms with van der Waals surface area (Å²) in [4.78, 5) is 0. The van der Waals surface area contributed by atoms with Gasteiger partial charge in [-0.25, -0.2) is 0 Å². The van der Waals surface area contributed by atoms with Crippen LogP contribution in [0.2, 0.25) is 0 Å². The third-order valence-electron chi connectivity index (χ3n) is 4.72. The standard InChI is InChI=1S/C20H24O/c1-15-5-2-3-6-19(15)13-17(14-21)11-16-9-10-18-7-4-8-20(18)12-16/h2-3,5-6,9-10,12,17,21H,4,7-8,11,13-14H2,1H3. The zero-order chi connectivity index (χ0) is 14.7. The van der Waals surface area contributed by atoms with Crippen LogP contribution >= 0.6 is 0 Å². The van der Waals surface area contributed by atoms with Crippen molar-refractivity contribution < 1.29 is 5.11 Å². The number of aliphatic hydroxyl groups excluding tert-OH is 1. The molecule has 21 heavy (non-hydrogen) atoms. The minimum atomic E-state index is 0.255. The Kier molecular flexibility index (Phi) is 4.40. The Morgan fingerprint density at radius 2 is 1.81 bits per heavy atom. The van der Waals surface area contributed by atoms with E-state index in [1.165, 1.54) is 47.1 Å². The fourth-order valence-electron chi connectivity index (χ4n) is 3.44. The average Bonchev–Trinajstić information content (AvgIpc) is 2.96. The highest BCUT2D eigenvalue weighted by atomic mass is 16.3. The molecule has 0 fully saturated rings. The highest BCUT2D eigenvalue weighted by Gasteiger charge is 2.14. The Morgan fingerprint density at radius 1 is 1.00 bits per heavy atom. The van der Waals surface area contributed by atoms with Crippen LogP contribution in [0.15, 0.2) is 42.5 Å². The molecule has 1 aliphatic rings. The fourth-order valence-corrected chi connectivity index (χ4v) is 3.44. The van der Waals surface area contributed by atoms with Crippen LogP contribution in [0, 0.1) is 12.8 Å². The highest BCUT2D eigenvalue weighted by Crippen LogP contribution is 2.25. The van der Waals surface area contributed by atoms with E-state index in [1.807, 2.05) is 0 Å². The molecule has 1 heteroatoms. The predicted octanol–water partition coefficient (Wildman–Crippen LogP) is 3.88. The van der Waals surface area contributed by atoms with Gasteiger partial charge in [0.25, 0.3) is 0 Å². The Bertz CT molecular complexity index is 615. The maximum Gasteiger partial charge on any atom is 0.0465 e. The molecule has 0 amide bonds. The molecule has 1 atom stereocenters. The lowest BCUT2D eigenvalue weighted by molar-refractivity contribution is 0.225. The van der Waals surface area contributed by atoms with E-state index in [4.69, 9.17) is 0 Å². The van der Waals surface area contributed by atoms with Crippen molar-refractivity contribution in [2.24, 2.45) is 5.92 Å². The van der Waals surface area contributed by atoms with Gasteiger partial charge in [-0.15, -0.1) is 0 Å². The molecule has 2 aromatic rings. The van der Waals surface area contributed by atoms with Gasteiger partial charge in [0.2, 0.25) is 0 Å². The van der Waals surface area contributed by atoms with E-state index < -0.39 is 0 Å². The van der Waals surface area contributed by atoms with Gasteiger partial charge >= 0.3 is 0 Å². The van der Waals surface area contributed by atoms with Gasteiger partial charge in [0.05, 0.1) is 0 Å². The number of aliphatic hydroxyl groups is 1. The van der Waals surface area contributed by atoms with Crippen LogP contribution in [0.1, 0.15) is 34.2 Å².